The molecule has 1 aromatic heterocycles. The Hall–Kier alpha value is -2.38. The summed E-state index contributed by atoms with van der Waals surface area (Å²) in [6.07, 6.45) is 6.69. The van der Waals surface area contributed by atoms with Crippen LogP contribution in [0.25, 0.3) is 6.08 Å². The van der Waals surface area contributed by atoms with Crippen LogP contribution in [0.4, 0.5) is 0 Å². The Labute approximate surface area is 172 Å². The zero-order valence-corrected chi connectivity index (χ0v) is 17.8. The fourth-order valence-electron chi connectivity index (χ4n) is 3.52. The van der Waals surface area contributed by atoms with Crippen LogP contribution in [0.15, 0.2) is 47.4 Å². The van der Waals surface area contributed by atoms with E-state index in [4.69, 9.17) is 9.47 Å². The number of pyridine rings is 1. The Morgan fingerprint density at radius 2 is 1.90 bits per heavy atom. The predicted molar refractivity (Wildman–Crippen MR) is 111 cm³/mol. The Bertz CT molecular complexity index is 1030. The van der Waals surface area contributed by atoms with Crippen LogP contribution in [0.1, 0.15) is 44.5 Å². The largest absolute Gasteiger partial charge is 0.497 e. The molecule has 0 saturated heterocycles. The highest BCUT2D eigenvalue weighted by atomic mass is 32.2. The van der Waals surface area contributed by atoms with E-state index in [1.54, 1.807) is 35.7 Å². The normalized spacial score (nSPS) is 18.1. The molecule has 0 N–H and O–H groups in total. The molecule has 2 aliphatic rings. The maximum absolute atomic E-state index is 13.4. The van der Waals surface area contributed by atoms with Gasteiger partial charge in [-0.3, -0.25) is 0 Å². The summed E-state index contributed by atoms with van der Waals surface area (Å²) in [5.74, 6) is 1.35. The van der Waals surface area contributed by atoms with Crippen molar-refractivity contribution in [1.29, 1.82) is 0 Å². The SMILES string of the molecule is COc1ccc(S(=O)(=O)N(Cc2ccc3c(n2)C=CC(C)(C)O3)C2CCC2)cc1. The first-order chi connectivity index (χ1) is 13.8. The zero-order chi connectivity index (χ0) is 20.6. The third-order valence-electron chi connectivity index (χ3n) is 5.43. The van der Waals surface area contributed by atoms with Crippen molar-refractivity contribution in [2.45, 2.75) is 56.2 Å². The van der Waals surface area contributed by atoms with E-state index in [1.165, 1.54) is 0 Å². The van der Waals surface area contributed by atoms with Gasteiger partial charge in [0.1, 0.15) is 22.8 Å². The summed E-state index contributed by atoms with van der Waals surface area (Å²) in [7, 11) is -2.07. The molecule has 1 aliphatic carbocycles. The van der Waals surface area contributed by atoms with Gasteiger partial charge in [-0.15, -0.1) is 0 Å². The van der Waals surface area contributed by atoms with E-state index in [-0.39, 0.29) is 23.1 Å². The smallest absolute Gasteiger partial charge is 0.243 e. The van der Waals surface area contributed by atoms with Crippen molar-refractivity contribution in [3.63, 3.8) is 0 Å². The Morgan fingerprint density at radius 3 is 2.52 bits per heavy atom. The van der Waals surface area contributed by atoms with Crippen LogP contribution < -0.4 is 9.47 Å². The molecule has 1 aromatic carbocycles. The number of methoxy groups -OCH3 is 1. The Balaban J connectivity index is 1.63. The number of benzene rings is 1. The second-order valence-electron chi connectivity index (χ2n) is 8.04. The third-order valence-corrected chi connectivity index (χ3v) is 7.34. The molecule has 4 rings (SSSR count). The number of fused-ring (bicyclic) bond motifs is 1. The molecule has 154 valence electrons. The molecular weight excluding hydrogens is 388 g/mol. The lowest BCUT2D eigenvalue weighted by Crippen LogP contribution is -2.43. The van der Waals surface area contributed by atoms with Crippen molar-refractivity contribution in [2.24, 2.45) is 0 Å². The summed E-state index contributed by atoms with van der Waals surface area (Å²) >= 11 is 0. The van der Waals surface area contributed by atoms with Gasteiger partial charge < -0.3 is 9.47 Å². The second kappa shape index (κ2) is 7.46. The van der Waals surface area contributed by atoms with Crippen molar-refractivity contribution in [1.82, 2.24) is 9.29 Å². The van der Waals surface area contributed by atoms with E-state index in [1.807, 2.05) is 38.1 Å². The van der Waals surface area contributed by atoms with E-state index in [0.29, 0.717) is 11.4 Å². The van der Waals surface area contributed by atoms with Gasteiger partial charge in [-0.1, -0.05) is 6.42 Å². The van der Waals surface area contributed by atoms with Gasteiger partial charge in [0.15, 0.2) is 0 Å². The van der Waals surface area contributed by atoms with Gasteiger partial charge in [0.2, 0.25) is 10.0 Å². The highest BCUT2D eigenvalue weighted by Crippen LogP contribution is 2.33. The van der Waals surface area contributed by atoms with Crippen molar-refractivity contribution >= 4 is 16.1 Å². The molecular formula is C22H26N2O4S. The quantitative estimate of drug-likeness (QED) is 0.714. The number of sulfonamides is 1. The molecule has 2 aromatic rings. The predicted octanol–water partition coefficient (Wildman–Crippen LogP) is 4.02. The van der Waals surface area contributed by atoms with Gasteiger partial charge in [-0.05, 0) is 75.2 Å². The average molecular weight is 415 g/mol. The van der Waals surface area contributed by atoms with Crippen molar-refractivity contribution in [2.75, 3.05) is 7.11 Å². The Morgan fingerprint density at radius 1 is 1.17 bits per heavy atom. The van der Waals surface area contributed by atoms with Crippen molar-refractivity contribution in [3.05, 3.63) is 53.9 Å². The first kappa shape index (κ1) is 19.9. The average Bonchev–Trinajstić information content (AvgIpc) is 2.65. The van der Waals surface area contributed by atoms with Crippen LogP contribution in [0.3, 0.4) is 0 Å². The fraction of sp³-hybridized carbons (Fsp3) is 0.409. The molecule has 0 spiro atoms. The van der Waals surface area contributed by atoms with E-state index in [2.05, 4.69) is 4.98 Å². The summed E-state index contributed by atoms with van der Waals surface area (Å²) < 4.78 is 39.4. The molecule has 1 saturated carbocycles. The molecule has 2 heterocycles. The highest BCUT2D eigenvalue weighted by Gasteiger charge is 2.35. The van der Waals surface area contributed by atoms with Crippen LogP contribution in [-0.2, 0) is 16.6 Å². The molecule has 29 heavy (non-hydrogen) atoms. The molecule has 0 atom stereocenters. The molecule has 0 amide bonds. The van der Waals surface area contributed by atoms with E-state index in [9.17, 15) is 8.42 Å². The first-order valence-electron chi connectivity index (χ1n) is 9.83. The number of hydrogen-bond donors (Lipinski definition) is 0. The molecule has 1 fully saturated rings. The van der Waals surface area contributed by atoms with E-state index in [0.717, 1.165) is 30.7 Å². The number of aromatic nitrogens is 1. The lowest BCUT2D eigenvalue weighted by atomic mass is 9.93. The minimum Gasteiger partial charge on any atom is -0.497 e. The molecule has 0 radical (unpaired) electrons. The second-order valence-corrected chi connectivity index (χ2v) is 9.93. The monoisotopic (exact) mass is 414 g/mol. The standard InChI is InChI=1S/C22H26N2O4S/c1-22(2)14-13-20-21(28-22)12-7-16(23-20)15-24(17-5-4-6-17)29(25,26)19-10-8-18(27-3)9-11-19/h7-14,17H,4-6,15H2,1-3H3. The number of hydrogen-bond acceptors (Lipinski definition) is 5. The minimum atomic E-state index is -3.64. The molecule has 0 bridgehead atoms. The molecule has 0 unspecified atom stereocenters. The molecule has 1 aliphatic heterocycles. The molecule has 7 heteroatoms. The lowest BCUT2D eigenvalue weighted by molar-refractivity contribution is 0.158. The fourth-order valence-corrected chi connectivity index (χ4v) is 5.18. The van der Waals surface area contributed by atoms with Gasteiger partial charge in [-0.25, -0.2) is 13.4 Å². The summed E-state index contributed by atoms with van der Waals surface area (Å²) in [6.45, 7) is 4.21. The van der Waals surface area contributed by atoms with Gasteiger partial charge in [0, 0.05) is 6.04 Å². The van der Waals surface area contributed by atoms with Crippen LogP contribution in [0.2, 0.25) is 0 Å². The topological polar surface area (TPSA) is 68.7 Å². The maximum atomic E-state index is 13.4. The van der Waals surface area contributed by atoms with Crippen LogP contribution in [0.5, 0.6) is 11.5 Å². The maximum Gasteiger partial charge on any atom is 0.243 e. The Kier molecular flexibility index (Phi) is 5.12. The van der Waals surface area contributed by atoms with Crippen LogP contribution >= 0.6 is 0 Å². The zero-order valence-electron chi connectivity index (χ0n) is 17.0. The van der Waals surface area contributed by atoms with Gasteiger partial charge in [-0.2, -0.15) is 4.31 Å². The van der Waals surface area contributed by atoms with E-state index >= 15 is 0 Å². The summed E-state index contributed by atoms with van der Waals surface area (Å²) in [5.41, 5.74) is 1.07. The van der Waals surface area contributed by atoms with Crippen molar-refractivity contribution < 1.29 is 17.9 Å². The van der Waals surface area contributed by atoms with Gasteiger partial charge in [0.25, 0.3) is 0 Å². The lowest BCUT2D eigenvalue weighted by Gasteiger charge is -2.36. The number of rotatable bonds is 6. The summed E-state index contributed by atoms with van der Waals surface area (Å²) in [4.78, 5) is 4.93. The van der Waals surface area contributed by atoms with Crippen LogP contribution in [0, 0.1) is 0 Å². The minimum absolute atomic E-state index is 0.00524. The van der Waals surface area contributed by atoms with Crippen LogP contribution in [-0.4, -0.2) is 36.5 Å². The van der Waals surface area contributed by atoms with E-state index < -0.39 is 10.0 Å². The molecule has 6 nitrogen and oxygen atoms in total. The third kappa shape index (κ3) is 4.02. The number of nitrogens with zero attached hydrogens (tertiary/aromatic N) is 2. The van der Waals surface area contributed by atoms with Crippen molar-refractivity contribution in [3.8, 4) is 11.5 Å². The van der Waals surface area contributed by atoms with Gasteiger partial charge in [0.05, 0.1) is 24.2 Å². The number of ether oxygens (including phenoxy) is 2. The first-order valence-corrected chi connectivity index (χ1v) is 11.3. The van der Waals surface area contributed by atoms with Gasteiger partial charge >= 0.3 is 0 Å². The summed E-state index contributed by atoms with van der Waals surface area (Å²) in [6, 6.07) is 10.3. The summed E-state index contributed by atoms with van der Waals surface area (Å²) in [5, 5.41) is 0. The highest BCUT2D eigenvalue weighted by molar-refractivity contribution is 7.89.